The van der Waals surface area contributed by atoms with Crippen LogP contribution in [0.1, 0.15) is 39.5 Å². The molecule has 3 heteroatoms. The van der Waals surface area contributed by atoms with E-state index in [1.54, 1.807) is 0 Å². The lowest BCUT2D eigenvalue weighted by atomic mass is 9.81. The van der Waals surface area contributed by atoms with Gasteiger partial charge in [-0.25, -0.2) is 0 Å². The molecule has 126 valence electrons. The molecule has 3 nitrogen and oxygen atoms in total. The fourth-order valence-electron chi connectivity index (χ4n) is 3.35. The Labute approximate surface area is 152 Å². The minimum absolute atomic E-state index is 0.0559. The Kier molecular flexibility index (Phi) is 3.98. The number of fused-ring (bicyclic) bond motifs is 2. The van der Waals surface area contributed by atoms with Crippen molar-refractivity contribution in [2.45, 2.75) is 6.92 Å². The predicted octanol–water partition coefficient (Wildman–Crippen LogP) is 4.78. The molecule has 4 rings (SSSR count). The lowest BCUT2D eigenvalue weighted by Gasteiger charge is -2.21. The van der Waals surface area contributed by atoms with Crippen molar-refractivity contribution in [3.05, 3.63) is 101 Å². The Morgan fingerprint density at radius 1 is 0.808 bits per heavy atom. The molecule has 0 fully saturated rings. The minimum Gasteiger partial charge on any atom is -0.326 e. The Bertz CT molecular complexity index is 1010. The monoisotopic (exact) mass is 339 g/mol. The number of carbonyl (C=O) groups excluding carboxylic acids is 2. The van der Waals surface area contributed by atoms with Gasteiger partial charge in [0, 0.05) is 23.7 Å². The molecule has 1 N–H and O–H groups in total. The van der Waals surface area contributed by atoms with E-state index in [9.17, 15) is 9.59 Å². The van der Waals surface area contributed by atoms with Gasteiger partial charge in [0.1, 0.15) is 0 Å². The van der Waals surface area contributed by atoms with Crippen molar-refractivity contribution in [2.75, 3.05) is 5.32 Å². The van der Waals surface area contributed by atoms with Gasteiger partial charge in [-0.3, -0.25) is 9.59 Å². The van der Waals surface area contributed by atoms with Gasteiger partial charge < -0.3 is 5.32 Å². The summed E-state index contributed by atoms with van der Waals surface area (Å²) in [5.41, 5.74) is 6.02. The highest BCUT2D eigenvalue weighted by Gasteiger charge is 2.25. The van der Waals surface area contributed by atoms with E-state index >= 15 is 0 Å². The SMILES string of the molecule is CC(=O)Nc1cccc(C=C2c3ccccc3C(=O)c3ccccc32)c1. The summed E-state index contributed by atoms with van der Waals surface area (Å²) in [5, 5.41) is 2.81. The van der Waals surface area contributed by atoms with Crippen molar-refractivity contribution in [1.82, 2.24) is 0 Å². The second-order valence-electron chi connectivity index (χ2n) is 6.28. The summed E-state index contributed by atoms with van der Waals surface area (Å²) < 4.78 is 0. The first-order valence-corrected chi connectivity index (χ1v) is 8.46. The molecular formula is C23H17NO2. The summed E-state index contributed by atoms with van der Waals surface area (Å²) in [6.07, 6.45) is 2.06. The zero-order valence-corrected chi connectivity index (χ0v) is 14.3. The van der Waals surface area contributed by atoms with E-state index in [1.165, 1.54) is 6.92 Å². The van der Waals surface area contributed by atoms with Crippen LogP contribution in [0.15, 0.2) is 72.8 Å². The highest BCUT2D eigenvalue weighted by Crippen LogP contribution is 2.37. The molecule has 0 aromatic heterocycles. The fourth-order valence-corrected chi connectivity index (χ4v) is 3.35. The molecule has 0 heterocycles. The molecule has 0 saturated heterocycles. The average molecular weight is 339 g/mol. The molecule has 0 saturated carbocycles. The number of hydrogen-bond acceptors (Lipinski definition) is 2. The lowest BCUT2D eigenvalue weighted by molar-refractivity contribution is -0.114. The topological polar surface area (TPSA) is 46.2 Å². The summed E-state index contributed by atoms with van der Waals surface area (Å²) in [5.74, 6) is -0.0471. The van der Waals surface area contributed by atoms with Gasteiger partial charge in [-0.2, -0.15) is 0 Å². The standard InChI is InChI=1S/C23H17NO2/c1-15(25)24-17-8-6-7-16(13-17)14-22-18-9-2-4-11-20(18)23(26)21-12-5-3-10-19(21)22/h2-14H,1H3,(H,24,25). The highest BCUT2D eigenvalue weighted by molar-refractivity contribution is 6.20. The summed E-state index contributed by atoms with van der Waals surface area (Å²) in [6, 6.07) is 23.0. The Morgan fingerprint density at radius 3 is 1.96 bits per heavy atom. The molecule has 0 bridgehead atoms. The summed E-state index contributed by atoms with van der Waals surface area (Å²) in [4.78, 5) is 24.1. The fraction of sp³-hybridized carbons (Fsp3) is 0.0435. The van der Waals surface area contributed by atoms with Gasteiger partial charge in [0.05, 0.1) is 0 Å². The van der Waals surface area contributed by atoms with Crippen LogP contribution in [0.5, 0.6) is 0 Å². The number of ketones is 1. The second-order valence-corrected chi connectivity index (χ2v) is 6.28. The van der Waals surface area contributed by atoms with Gasteiger partial charge in [0.15, 0.2) is 5.78 Å². The minimum atomic E-state index is -0.103. The van der Waals surface area contributed by atoms with E-state index in [0.717, 1.165) is 39.1 Å². The molecule has 1 aliphatic carbocycles. The number of carbonyl (C=O) groups is 2. The number of rotatable bonds is 2. The van der Waals surface area contributed by atoms with Crippen LogP contribution in [0.4, 0.5) is 5.69 Å². The van der Waals surface area contributed by atoms with E-state index in [0.29, 0.717) is 0 Å². The Hall–Kier alpha value is -3.46. The first-order chi connectivity index (χ1) is 12.6. The van der Waals surface area contributed by atoms with Crippen LogP contribution in [0.3, 0.4) is 0 Å². The Balaban J connectivity index is 1.89. The molecule has 3 aromatic carbocycles. The van der Waals surface area contributed by atoms with Crippen LogP contribution in [0.25, 0.3) is 11.6 Å². The maximum absolute atomic E-state index is 12.8. The molecular weight excluding hydrogens is 322 g/mol. The van der Waals surface area contributed by atoms with E-state index in [2.05, 4.69) is 11.4 Å². The third kappa shape index (κ3) is 2.84. The van der Waals surface area contributed by atoms with Gasteiger partial charge in [-0.1, -0.05) is 60.7 Å². The van der Waals surface area contributed by atoms with Crippen LogP contribution in [-0.2, 0) is 4.79 Å². The highest BCUT2D eigenvalue weighted by atomic mass is 16.1. The second kappa shape index (κ2) is 6.45. The smallest absolute Gasteiger partial charge is 0.221 e. The first-order valence-electron chi connectivity index (χ1n) is 8.46. The van der Waals surface area contributed by atoms with Crippen LogP contribution in [-0.4, -0.2) is 11.7 Å². The van der Waals surface area contributed by atoms with E-state index in [-0.39, 0.29) is 11.7 Å². The van der Waals surface area contributed by atoms with E-state index < -0.39 is 0 Å². The quantitative estimate of drug-likeness (QED) is 0.571. The normalized spacial score (nSPS) is 12.2. The number of nitrogens with one attached hydrogen (secondary N) is 1. The third-order valence-electron chi connectivity index (χ3n) is 4.44. The van der Waals surface area contributed by atoms with Crippen molar-refractivity contribution in [3.8, 4) is 0 Å². The van der Waals surface area contributed by atoms with Gasteiger partial charge in [0.25, 0.3) is 0 Å². The lowest BCUT2D eigenvalue weighted by Crippen LogP contribution is -2.14. The molecule has 0 spiro atoms. The zero-order chi connectivity index (χ0) is 18.1. The average Bonchev–Trinajstić information content (AvgIpc) is 2.65. The molecule has 0 radical (unpaired) electrons. The predicted molar refractivity (Wildman–Crippen MR) is 104 cm³/mol. The van der Waals surface area contributed by atoms with Gasteiger partial charge in [-0.05, 0) is 40.5 Å². The molecule has 0 unspecified atom stereocenters. The van der Waals surface area contributed by atoms with Gasteiger partial charge >= 0.3 is 0 Å². The van der Waals surface area contributed by atoms with Crippen LogP contribution >= 0.6 is 0 Å². The summed E-state index contributed by atoms with van der Waals surface area (Å²) >= 11 is 0. The number of amides is 1. The summed E-state index contributed by atoms with van der Waals surface area (Å²) in [6.45, 7) is 1.49. The van der Waals surface area contributed by atoms with E-state index in [4.69, 9.17) is 0 Å². The number of anilines is 1. The molecule has 3 aromatic rings. The zero-order valence-electron chi connectivity index (χ0n) is 14.3. The van der Waals surface area contributed by atoms with Crippen LogP contribution < -0.4 is 5.32 Å². The summed E-state index contributed by atoms with van der Waals surface area (Å²) in [7, 11) is 0. The van der Waals surface area contributed by atoms with Crippen molar-refractivity contribution in [1.29, 1.82) is 0 Å². The Morgan fingerprint density at radius 2 is 1.38 bits per heavy atom. The molecule has 0 atom stereocenters. The van der Waals surface area contributed by atoms with Crippen LogP contribution in [0.2, 0.25) is 0 Å². The van der Waals surface area contributed by atoms with Crippen molar-refractivity contribution in [2.24, 2.45) is 0 Å². The van der Waals surface area contributed by atoms with Crippen molar-refractivity contribution < 1.29 is 9.59 Å². The number of hydrogen-bond donors (Lipinski definition) is 1. The largest absolute Gasteiger partial charge is 0.326 e. The molecule has 1 aliphatic rings. The van der Waals surface area contributed by atoms with Crippen molar-refractivity contribution >= 4 is 29.0 Å². The maximum atomic E-state index is 12.8. The van der Waals surface area contributed by atoms with Gasteiger partial charge in [-0.15, -0.1) is 0 Å². The first kappa shape index (κ1) is 16.0. The number of benzene rings is 3. The van der Waals surface area contributed by atoms with Crippen LogP contribution in [0, 0.1) is 0 Å². The van der Waals surface area contributed by atoms with Crippen molar-refractivity contribution in [3.63, 3.8) is 0 Å². The van der Waals surface area contributed by atoms with Gasteiger partial charge in [0.2, 0.25) is 5.91 Å². The van der Waals surface area contributed by atoms with E-state index in [1.807, 2.05) is 72.8 Å². The molecule has 26 heavy (non-hydrogen) atoms. The molecule has 0 aliphatic heterocycles. The molecule has 1 amide bonds. The third-order valence-corrected chi connectivity index (χ3v) is 4.44. The maximum Gasteiger partial charge on any atom is 0.221 e.